The fraction of sp³-hybridized carbons (Fsp3) is 0.136. The van der Waals surface area contributed by atoms with E-state index in [1.54, 1.807) is 18.2 Å². The van der Waals surface area contributed by atoms with Gasteiger partial charge in [0, 0.05) is 21.1 Å². The molecular formula is C22H18BrNO4S. The summed E-state index contributed by atoms with van der Waals surface area (Å²) < 4.78 is 30.7. The Bertz CT molecular complexity index is 1180. The van der Waals surface area contributed by atoms with Gasteiger partial charge < -0.3 is 4.42 Å². The standard InChI is InChI=1S/C22H18BrNO4S/c1-15-2-8-18(9-3-15)24(19-12-13-29(26,27)14-19)22(25)21-11-10-20(28-21)16-4-6-17(23)7-5-16/h2-13,19H,14H2,1H3/t19-/m1/s1. The summed E-state index contributed by atoms with van der Waals surface area (Å²) in [5.41, 5.74) is 2.51. The lowest BCUT2D eigenvalue weighted by atomic mass is 10.1. The number of nitrogens with zero attached hydrogens (tertiary/aromatic N) is 1. The maximum Gasteiger partial charge on any atom is 0.294 e. The summed E-state index contributed by atoms with van der Waals surface area (Å²) >= 11 is 3.40. The summed E-state index contributed by atoms with van der Waals surface area (Å²) in [5, 5.41) is 1.17. The molecule has 1 aliphatic heterocycles. The molecule has 3 aromatic rings. The number of carbonyl (C=O) groups excluding carboxylic acids is 1. The fourth-order valence-electron chi connectivity index (χ4n) is 3.23. The molecule has 0 radical (unpaired) electrons. The molecular weight excluding hydrogens is 454 g/mol. The second-order valence-electron chi connectivity index (χ2n) is 6.91. The minimum absolute atomic E-state index is 0.146. The number of aryl methyl sites for hydroxylation is 1. The summed E-state index contributed by atoms with van der Waals surface area (Å²) in [6, 6.07) is 17.7. The third-order valence-corrected chi connectivity index (χ3v) is 6.63. The average molecular weight is 472 g/mol. The largest absolute Gasteiger partial charge is 0.451 e. The quantitative estimate of drug-likeness (QED) is 0.538. The summed E-state index contributed by atoms with van der Waals surface area (Å²) in [5.74, 6) is 0.192. The molecule has 0 spiro atoms. The van der Waals surface area contributed by atoms with Crippen LogP contribution in [0.1, 0.15) is 16.1 Å². The van der Waals surface area contributed by atoms with Gasteiger partial charge in [-0.1, -0.05) is 45.8 Å². The number of anilines is 1. The van der Waals surface area contributed by atoms with Crippen LogP contribution < -0.4 is 4.90 Å². The van der Waals surface area contributed by atoms with Crippen LogP contribution in [0.5, 0.6) is 0 Å². The second-order valence-corrected chi connectivity index (χ2v) is 9.75. The van der Waals surface area contributed by atoms with E-state index in [0.717, 1.165) is 15.6 Å². The maximum atomic E-state index is 13.3. The van der Waals surface area contributed by atoms with Crippen LogP contribution in [0.4, 0.5) is 5.69 Å². The number of furan rings is 1. The van der Waals surface area contributed by atoms with Crippen molar-refractivity contribution in [3.63, 3.8) is 0 Å². The van der Waals surface area contributed by atoms with Crippen molar-refractivity contribution in [1.29, 1.82) is 0 Å². The van der Waals surface area contributed by atoms with E-state index in [1.165, 1.54) is 10.3 Å². The minimum Gasteiger partial charge on any atom is -0.451 e. The van der Waals surface area contributed by atoms with Crippen LogP contribution in [0.25, 0.3) is 11.3 Å². The lowest BCUT2D eigenvalue weighted by Crippen LogP contribution is -2.41. The van der Waals surface area contributed by atoms with Crippen molar-refractivity contribution in [2.24, 2.45) is 0 Å². The number of hydrogen-bond acceptors (Lipinski definition) is 4. The smallest absolute Gasteiger partial charge is 0.294 e. The molecule has 0 bridgehead atoms. The highest BCUT2D eigenvalue weighted by Gasteiger charge is 2.33. The van der Waals surface area contributed by atoms with Crippen molar-refractivity contribution in [3.05, 3.63) is 87.9 Å². The Balaban J connectivity index is 1.69. The van der Waals surface area contributed by atoms with Crippen LogP contribution >= 0.6 is 15.9 Å². The first kappa shape index (κ1) is 19.7. The molecule has 0 aliphatic carbocycles. The topological polar surface area (TPSA) is 67.6 Å². The zero-order chi connectivity index (χ0) is 20.6. The van der Waals surface area contributed by atoms with Crippen molar-refractivity contribution in [2.75, 3.05) is 10.7 Å². The summed E-state index contributed by atoms with van der Waals surface area (Å²) in [4.78, 5) is 14.8. The Kier molecular flexibility index (Phi) is 5.19. The molecule has 0 saturated carbocycles. The molecule has 1 aliphatic rings. The Morgan fingerprint density at radius 3 is 2.34 bits per heavy atom. The van der Waals surface area contributed by atoms with Gasteiger partial charge in [0.05, 0.1) is 11.8 Å². The molecule has 148 valence electrons. The van der Waals surface area contributed by atoms with E-state index in [1.807, 2.05) is 55.5 Å². The molecule has 0 fully saturated rings. The van der Waals surface area contributed by atoms with E-state index in [4.69, 9.17) is 4.42 Å². The molecule has 1 amide bonds. The number of amides is 1. The van der Waals surface area contributed by atoms with Crippen molar-refractivity contribution in [3.8, 4) is 11.3 Å². The molecule has 1 aromatic heterocycles. The third-order valence-electron chi connectivity index (χ3n) is 4.72. The Hall–Kier alpha value is -2.64. The highest BCUT2D eigenvalue weighted by molar-refractivity contribution is 9.10. The number of rotatable bonds is 4. The van der Waals surface area contributed by atoms with Crippen LogP contribution in [0, 0.1) is 6.92 Å². The number of carbonyl (C=O) groups is 1. The van der Waals surface area contributed by atoms with E-state index in [0.29, 0.717) is 11.4 Å². The highest BCUT2D eigenvalue weighted by Crippen LogP contribution is 2.28. The van der Waals surface area contributed by atoms with Gasteiger partial charge in [0.25, 0.3) is 5.91 Å². The van der Waals surface area contributed by atoms with Gasteiger partial charge in [-0.05, 0) is 49.4 Å². The van der Waals surface area contributed by atoms with Gasteiger partial charge in [0.2, 0.25) is 0 Å². The first-order valence-corrected chi connectivity index (χ1v) is 11.5. The monoisotopic (exact) mass is 471 g/mol. The number of sulfone groups is 1. The van der Waals surface area contributed by atoms with Crippen LogP contribution in [0.3, 0.4) is 0 Å². The van der Waals surface area contributed by atoms with Gasteiger partial charge in [-0.3, -0.25) is 9.69 Å². The molecule has 2 aromatic carbocycles. The van der Waals surface area contributed by atoms with E-state index >= 15 is 0 Å². The molecule has 2 heterocycles. The van der Waals surface area contributed by atoms with E-state index in [-0.39, 0.29) is 17.4 Å². The third kappa shape index (κ3) is 4.21. The molecule has 7 heteroatoms. The predicted octanol–water partition coefficient (Wildman–Crippen LogP) is 4.98. The van der Waals surface area contributed by atoms with Gasteiger partial charge in [0.15, 0.2) is 15.6 Å². The lowest BCUT2D eigenvalue weighted by molar-refractivity contribution is 0.0957. The first-order chi connectivity index (χ1) is 13.8. The van der Waals surface area contributed by atoms with Gasteiger partial charge in [0.1, 0.15) is 5.76 Å². The van der Waals surface area contributed by atoms with Crippen LogP contribution in [0.15, 0.2) is 81.0 Å². The summed E-state index contributed by atoms with van der Waals surface area (Å²) in [7, 11) is -3.32. The highest BCUT2D eigenvalue weighted by atomic mass is 79.9. The van der Waals surface area contributed by atoms with Gasteiger partial charge >= 0.3 is 0 Å². The summed E-state index contributed by atoms with van der Waals surface area (Å²) in [6.07, 6.45) is 1.55. The minimum atomic E-state index is -3.32. The molecule has 0 saturated heterocycles. The maximum absolute atomic E-state index is 13.3. The van der Waals surface area contributed by atoms with E-state index in [9.17, 15) is 13.2 Å². The fourth-order valence-corrected chi connectivity index (χ4v) is 4.76. The zero-order valence-electron chi connectivity index (χ0n) is 15.6. The second kappa shape index (κ2) is 7.65. The van der Waals surface area contributed by atoms with Gasteiger partial charge in [-0.25, -0.2) is 8.42 Å². The van der Waals surface area contributed by atoms with Crippen LogP contribution in [-0.4, -0.2) is 26.1 Å². The SMILES string of the molecule is Cc1ccc(N(C(=O)c2ccc(-c3ccc(Br)cc3)o2)[C@@H]2C=CS(=O)(=O)C2)cc1. The summed E-state index contributed by atoms with van der Waals surface area (Å²) in [6.45, 7) is 1.95. The zero-order valence-corrected chi connectivity index (χ0v) is 18.0. The number of halogens is 1. The van der Waals surface area contributed by atoms with Crippen molar-refractivity contribution < 1.29 is 17.6 Å². The van der Waals surface area contributed by atoms with Crippen molar-refractivity contribution >= 4 is 37.4 Å². The first-order valence-electron chi connectivity index (χ1n) is 8.99. The van der Waals surface area contributed by atoms with Gasteiger partial charge in [-0.15, -0.1) is 0 Å². The van der Waals surface area contributed by atoms with Crippen molar-refractivity contribution in [2.45, 2.75) is 13.0 Å². The molecule has 0 N–H and O–H groups in total. The van der Waals surface area contributed by atoms with E-state index in [2.05, 4.69) is 15.9 Å². The normalized spacial score (nSPS) is 17.4. The number of benzene rings is 2. The molecule has 0 unspecified atom stereocenters. The van der Waals surface area contributed by atoms with E-state index < -0.39 is 15.9 Å². The van der Waals surface area contributed by atoms with Gasteiger partial charge in [-0.2, -0.15) is 0 Å². The molecule has 4 rings (SSSR count). The Morgan fingerprint density at radius 1 is 1.03 bits per heavy atom. The molecule has 5 nitrogen and oxygen atoms in total. The predicted molar refractivity (Wildman–Crippen MR) is 117 cm³/mol. The molecule has 1 atom stereocenters. The van der Waals surface area contributed by atoms with Crippen LogP contribution in [-0.2, 0) is 9.84 Å². The Labute approximate surface area is 177 Å². The van der Waals surface area contributed by atoms with Crippen LogP contribution in [0.2, 0.25) is 0 Å². The average Bonchev–Trinajstić information content (AvgIpc) is 3.31. The lowest BCUT2D eigenvalue weighted by Gasteiger charge is -2.27. The molecule has 29 heavy (non-hydrogen) atoms. The van der Waals surface area contributed by atoms with Crippen molar-refractivity contribution in [1.82, 2.24) is 0 Å². The Morgan fingerprint density at radius 2 is 1.72 bits per heavy atom. The number of hydrogen-bond donors (Lipinski definition) is 0.